The van der Waals surface area contributed by atoms with Gasteiger partial charge in [0.15, 0.2) is 0 Å². The van der Waals surface area contributed by atoms with Crippen molar-refractivity contribution in [3.8, 4) is 0 Å². The first kappa shape index (κ1) is 15.0. The van der Waals surface area contributed by atoms with E-state index in [4.69, 9.17) is 0 Å². The fourth-order valence-electron chi connectivity index (χ4n) is 3.70. The van der Waals surface area contributed by atoms with Crippen molar-refractivity contribution < 1.29 is 0 Å². The molecule has 1 aliphatic rings. The van der Waals surface area contributed by atoms with Crippen molar-refractivity contribution in [2.45, 2.75) is 67.2 Å². The predicted octanol–water partition coefficient (Wildman–Crippen LogP) is 4.57. The maximum Gasteiger partial charge on any atom is 0.00528 e. The summed E-state index contributed by atoms with van der Waals surface area (Å²) < 4.78 is 0. The monoisotopic (exact) mass is 239 g/mol. The molecule has 17 heavy (non-hydrogen) atoms. The zero-order valence-corrected chi connectivity index (χ0v) is 13.2. The van der Waals surface area contributed by atoms with Gasteiger partial charge in [-0.2, -0.15) is 0 Å². The molecule has 0 aromatic heterocycles. The van der Waals surface area contributed by atoms with Gasteiger partial charge >= 0.3 is 0 Å². The van der Waals surface area contributed by atoms with Crippen molar-refractivity contribution in [1.82, 2.24) is 4.90 Å². The standard InChI is InChI=1S/C16H33N/c1-8-10-15(5,6)16(12-17(7)13-16)11-14(3,4)9-2/h8-13H2,1-7H3. The van der Waals surface area contributed by atoms with Crippen molar-refractivity contribution in [1.29, 1.82) is 0 Å². The molecule has 0 unspecified atom stereocenters. The molecule has 102 valence electrons. The van der Waals surface area contributed by atoms with Crippen LogP contribution >= 0.6 is 0 Å². The van der Waals surface area contributed by atoms with Gasteiger partial charge in [-0.25, -0.2) is 0 Å². The van der Waals surface area contributed by atoms with Crippen molar-refractivity contribution in [2.75, 3.05) is 20.1 Å². The van der Waals surface area contributed by atoms with E-state index < -0.39 is 0 Å². The second-order valence-electron chi connectivity index (χ2n) is 7.78. The molecule has 0 amide bonds. The molecule has 0 radical (unpaired) electrons. The molecule has 0 aliphatic carbocycles. The maximum absolute atomic E-state index is 2.50. The van der Waals surface area contributed by atoms with E-state index in [1.165, 1.54) is 38.8 Å². The van der Waals surface area contributed by atoms with Gasteiger partial charge in [-0.3, -0.25) is 0 Å². The normalized spacial score (nSPS) is 21.4. The van der Waals surface area contributed by atoms with Gasteiger partial charge in [0.05, 0.1) is 0 Å². The van der Waals surface area contributed by atoms with Crippen LogP contribution in [0.2, 0.25) is 0 Å². The molecule has 1 heterocycles. The van der Waals surface area contributed by atoms with E-state index in [9.17, 15) is 0 Å². The highest BCUT2D eigenvalue weighted by Gasteiger charge is 2.52. The minimum atomic E-state index is 0.487. The van der Waals surface area contributed by atoms with Gasteiger partial charge in [-0.05, 0) is 30.7 Å². The topological polar surface area (TPSA) is 3.24 Å². The predicted molar refractivity (Wildman–Crippen MR) is 77.3 cm³/mol. The molecular weight excluding hydrogens is 206 g/mol. The van der Waals surface area contributed by atoms with Gasteiger partial charge in [-0.1, -0.05) is 54.4 Å². The van der Waals surface area contributed by atoms with Crippen LogP contribution in [0.15, 0.2) is 0 Å². The zero-order valence-electron chi connectivity index (χ0n) is 13.2. The highest BCUT2D eigenvalue weighted by Crippen LogP contribution is 2.54. The fraction of sp³-hybridized carbons (Fsp3) is 1.00. The Kier molecular flexibility index (Phi) is 4.34. The Morgan fingerprint density at radius 2 is 1.59 bits per heavy atom. The van der Waals surface area contributed by atoms with Crippen LogP contribution in [-0.2, 0) is 0 Å². The van der Waals surface area contributed by atoms with E-state index in [0.29, 0.717) is 16.2 Å². The lowest BCUT2D eigenvalue weighted by atomic mass is 9.54. The van der Waals surface area contributed by atoms with E-state index in [1.54, 1.807) is 0 Å². The Morgan fingerprint density at radius 1 is 1.06 bits per heavy atom. The Bertz CT molecular complexity index is 246. The maximum atomic E-state index is 2.50. The van der Waals surface area contributed by atoms with Crippen molar-refractivity contribution in [3.05, 3.63) is 0 Å². The average Bonchev–Trinajstić information content (AvgIpc) is 2.14. The third-order valence-corrected chi connectivity index (χ3v) is 5.23. The summed E-state index contributed by atoms with van der Waals surface area (Å²) in [6.07, 6.45) is 5.35. The first-order valence-electron chi connectivity index (χ1n) is 7.37. The zero-order chi connectivity index (χ0) is 13.3. The van der Waals surface area contributed by atoms with E-state index in [2.05, 4.69) is 53.5 Å². The first-order valence-corrected chi connectivity index (χ1v) is 7.37. The lowest BCUT2D eigenvalue weighted by Gasteiger charge is -2.60. The smallest absolute Gasteiger partial charge is 0.00528 e. The van der Waals surface area contributed by atoms with Gasteiger partial charge in [-0.15, -0.1) is 0 Å². The summed E-state index contributed by atoms with van der Waals surface area (Å²) in [5.41, 5.74) is 1.53. The summed E-state index contributed by atoms with van der Waals surface area (Å²) in [5.74, 6) is 0. The summed E-state index contributed by atoms with van der Waals surface area (Å²) in [7, 11) is 2.26. The number of likely N-dealkylation sites (tertiary alicyclic amines) is 1. The molecule has 0 spiro atoms. The largest absolute Gasteiger partial charge is 0.305 e. The first-order chi connectivity index (χ1) is 7.68. The summed E-state index contributed by atoms with van der Waals surface area (Å²) in [4.78, 5) is 2.49. The van der Waals surface area contributed by atoms with Crippen LogP contribution in [0.1, 0.15) is 67.2 Å². The highest BCUT2D eigenvalue weighted by atomic mass is 15.2. The van der Waals surface area contributed by atoms with Gasteiger partial charge in [0.25, 0.3) is 0 Å². The van der Waals surface area contributed by atoms with E-state index >= 15 is 0 Å². The van der Waals surface area contributed by atoms with E-state index in [-0.39, 0.29) is 0 Å². The molecule has 0 aromatic rings. The van der Waals surface area contributed by atoms with Gasteiger partial charge < -0.3 is 4.90 Å². The molecule has 0 bridgehead atoms. The number of nitrogens with zero attached hydrogens (tertiary/aromatic N) is 1. The van der Waals surface area contributed by atoms with Crippen LogP contribution in [0.5, 0.6) is 0 Å². The SMILES string of the molecule is CCCC(C)(C)C1(CC(C)(C)CC)CN(C)C1. The third-order valence-electron chi connectivity index (χ3n) is 5.23. The van der Waals surface area contributed by atoms with E-state index in [0.717, 1.165) is 0 Å². The van der Waals surface area contributed by atoms with Crippen molar-refractivity contribution in [3.63, 3.8) is 0 Å². The molecule has 1 aliphatic heterocycles. The van der Waals surface area contributed by atoms with Crippen LogP contribution < -0.4 is 0 Å². The molecular formula is C16H33N. The molecule has 1 heteroatoms. The Labute approximate surface area is 109 Å². The van der Waals surface area contributed by atoms with Crippen LogP contribution in [0, 0.1) is 16.2 Å². The van der Waals surface area contributed by atoms with Crippen molar-refractivity contribution >= 4 is 0 Å². The minimum Gasteiger partial charge on any atom is -0.305 e. The molecule has 0 atom stereocenters. The molecule has 1 nitrogen and oxygen atoms in total. The number of hydrogen-bond donors (Lipinski definition) is 0. The molecule has 1 rings (SSSR count). The summed E-state index contributed by atoms with van der Waals surface area (Å²) in [6.45, 7) is 17.1. The quantitative estimate of drug-likeness (QED) is 0.656. The molecule has 0 saturated carbocycles. The average molecular weight is 239 g/mol. The van der Waals surface area contributed by atoms with Crippen LogP contribution in [0.4, 0.5) is 0 Å². The molecule has 1 fully saturated rings. The number of hydrogen-bond acceptors (Lipinski definition) is 1. The molecule has 1 saturated heterocycles. The van der Waals surface area contributed by atoms with E-state index in [1.807, 2.05) is 0 Å². The second kappa shape index (κ2) is 4.91. The Morgan fingerprint density at radius 3 is 1.94 bits per heavy atom. The van der Waals surface area contributed by atoms with Crippen LogP contribution in [0.25, 0.3) is 0 Å². The van der Waals surface area contributed by atoms with Gasteiger partial charge in [0.1, 0.15) is 0 Å². The molecule has 0 aromatic carbocycles. The fourth-order valence-corrected chi connectivity index (χ4v) is 3.70. The van der Waals surface area contributed by atoms with Crippen LogP contribution in [-0.4, -0.2) is 25.0 Å². The lowest BCUT2D eigenvalue weighted by Crippen LogP contribution is -2.62. The van der Waals surface area contributed by atoms with Gasteiger partial charge in [0.2, 0.25) is 0 Å². The number of rotatable bonds is 6. The highest BCUT2D eigenvalue weighted by molar-refractivity contribution is 5.04. The van der Waals surface area contributed by atoms with Gasteiger partial charge in [0, 0.05) is 18.5 Å². The lowest BCUT2D eigenvalue weighted by molar-refractivity contribution is -0.107. The summed E-state index contributed by atoms with van der Waals surface area (Å²) in [6, 6.07) is 0. The Hall–Kier alpha value is -0.0400. The third kappa shape index (κ3) is 3.05. The summed E-state index contributed by atoms with van der Waals surface area (Å²) in [5, 5.41) is 0. The molecule has 0 N–H and O–H groups in total. The minimum absolute atomic E-state index is 0.487. The Balaban J connectivity index is 2.84. The van der Waals surface area contributed by atoms with Crippen LogP contribution in [0.3, 0.4) is 0 Å². The van der Waals surface area contributed by atoms with Crippen molar-refractivity contribution in [2.24, 2.45) is 16.2 Å². The summed E-state index contributed by atoms with van der Waals surface area (Å²) >= 11 is 0. The second-order valence-corrected chi connectivity index (χ2v) is 7.78.